The first-order valence-electron chi connectivity index (χ1n) is 1.61. The summed E-state index contributed by atoms with van der Waals surface area (Å²) in [6.07, 6.45) is -0.313. The fourth-order valence-corrected chi connectivity index (χ4v) is 0.830. The molecule has 38 valence electrons. The summed E-state index contributed by atoms with van der Waals surface area (Å²) in [5.74, 6) is 0.350. The zero-order chi connectivity index (χ0) is 4.99. The Labute approximate surface area is 55.8 Å². The molecule has 0 aliphatic carbocycles. The molecule has 0 fully saturated rings. The lowest BCUT2D eigenvalue weighted by Crippen LogP contribution is -2.08. The second-order valence-electron chi connectivity index (χ2n) is 0.962. The Morgan fingerprint density at radius 3 is 2.33 bits per heavy atom. The van der Waals surface area contributed by atoms with Gasteiger partial charge in [-0.3, -0.25) is 0 Å². The summed E-state index contributed by atoms with van der Waals surface area (Å²) >= 11 is 7.28. The van der Waals surface area contributed by atoms with Crippen molar-refractivity contribution in [2.75, 3.05) is 10.3 Å². The van der Waals surface area contributed by atoms with E-state index in [9.17, 15) is 0 Å². The van der Waals surface area contributed by atoms with E-state index in [2.05, 4.69) is 22.6 Å². The highest BCUT2D eigenvalue weighted by Crippen LogP contribution is 1.91. The number of alkyl halides is 2. The number of hydrogen-bond donors (Lipinski definition) is 1. The Morgan fingerprint density at radius 1 is 1.83 bits per heavy atom. The lowest BCUT2D eigenvalue weighted by molar-refractivity contribution is 0.226. The summed E-state index contributed by atoms with van der Waals surface area (Å²) in [7, 11) is 0. The molecule has 0 aromatic heterocycles. The topological polar surface area (TPSA) is 20.2 Å². The van der Waals surface area contributed by atoms with Gasteiger partial charge in [-0.15, -0.1) is 11.6 Å². The molecule has 0 aliphatic rings. The number of rotatable bonds is 2. The van der Waals surface area contributed by atoms with Crippen molar-refractivity contribution in [1.82, 2.24) is 0 Å². The SMILES string of the molecule is OC(CCl)CI. The van der Waals surface area contributed by atoms with Gasteiger partial charge in [-0.2, -0.15) is 0 Å². The van der Waals surface area contributed by atoms with Gasteiger partial charge in [0.15, 0.2) is 0 Å². The highest BCUT2D eigenvalue weighted by molar-refractivity contribution is 14.1. The second kappa shape index (κ2) is 4.15. The van der Waals surface area contributed by atoms with E-state index in [0.29, 0.717) is 5.88 Å². The van der Waals surface area contributed by atoms with Crippen LogP contribution in [0.2, 0.25) is 0 Å². The fourth-order valence-electron chi connectivity index (χ4n) is 0.0412. The minimum Gasteiger partial charge on any atom is -0.391 e. The maximum atomic E-state index is 8.53. The third-order valence-corrected chi connectivity index (χ3v) is 1.73. The average molecular weight is 220 g/mol. The van der Waals surface area contributed by atoms with Crippen LogP contribution in [0.3, 0.4) is 0 Å². The summed E-state index contributed by atoms with van der Waals surface area (Å²) in [5, 5.41) is 8.53. The highest BCUT2D eigenvalue weighted by atomic mass is 127. The Bertz CT molecular complexity index is 30.0. The summed E-state index contributed by atoms with van der Waals surface area (Å²) in [4.78, 5) is 0. The van der Waals surface area contributed by atoms with Crippen molar-refractivity contribution in [3.63, 3.8) is 0 Å². The third kappa shape index (κ3) is 3.18. The van der Waals surface area contributed by atoms with E-state index in [1.807, 2.05) is 0 Å². The average Bonchev–Trinajstić information content (AvgIpc) is 1.65. The summed E-state index contributed by atoms with van der Waals surface area (Å²) < 4.78 is 0.723. The molecule has 0 bridgehead atoms. The van der Waals surface area contributed by atoms with Crippen LogP contribution in [0.1, 0.15) is 0 Å². The summed E-state index contributed by atoms with van der Waals surface area (Å²) in [5.41, 5.74) is 0. The monoisotopic (exact) mass is 220 g/mol. The highest BCUT2D eigenvalue weighted by Gasteiger charge is 1.93. The predicted molar refractivity (Wildman–Crippen MR) is 35.6 cm³/mol. The van der Waals surface area contributed by atoms with E-state index in [-0.39, 0.29) is 6.10 Å². The smallest absolute Gasteiger partial charge is 0.0764 e. The molecule has 1 atom stereocenters. The van der Waals surface area contributed by atoms with Crippen LogP contribution < -0.4 is 0 Å². The maximum Gasteiger partial charge on any atom is 0.0764 e. The number of aliphatic hydroxyl groups is 1. The Morgan fingerprint density at radius 2 is 2.33 bits per heavy atom. The molecule has 0 radical (unpaired) electrons. The number of halogens is 2. The van der Waals surface area contributed by atoms with E-state index in [1.54, 1.807) is 0 Å². The first-order valence-corrected chi connectivity index (χ1v) is 3.67. The Balaban J connectivity index is 2.75. The van der Waals surface area contributed by atoms with Crippen LogP contribution in [0.25, 0.3) is 0 Å². The van der Waals surface area contributed by atoms with Gasteiger partial charge in [0.05, 0.1) is 6.10 Å². The number of aliphatic hydroxyl groups excluding tert-OH is 1. The lowest BCUT2D eigenvalue weighted by atomic mass is 10.5. The van der Waals surface area contributed by atoms with E-state index in [0.717, 1.165) is 4.43 Å². The van der Waals surface area contributed by atoms with Crippen molar-refractivity contribution in [2.24, 2.45) is 0 Å². The van der Waals surface area contributed by atoms with Gasteiger partial charge in [-0.1, -0.05) is 22.6 Å². The third-order valence-electron chi connectivity index (χ3n) is 0.356. The minimum absolute atomic E-state index is 0.313. The molecular weight excluding hydrogens is 214 g/mol. The van der Waals surface area contributed by atoms with Gasteiger partial charge in [0, 0.05) is 10.3 Å². The molecule has 0 aromatic rings. The zero-order valence-electron chi connectivity index (χ0n) is 3.19. The van der Waals surface area contributed by atoms with E-state index < -0.39 is 0 Å². The van der Waals surface area contributed by atoms with Crippen LogP contribution in [0.4, 0.5) is 0 Å². The predicted octanol–water partition coefficient (Wildman–Crippen LogP) is 1.02. The molecule has 1 unspecified atom stereocenters. The molecule has 0 aliphatic heterocycles. The molecule has 0 saturated carbocycles. The molecule has 0 saturated heterocycles. The van der Waals surface area contributed by atoms with Crippen molar-refractivity contribution in [2.45, 2.75) is 6.10 Å². The molecule has 1 N–H and O–H groups in total. The molecular formula is C3H6ClIO. The van der Waals surface area contributed by atoms with Gasteiger partial charge >= 0.3 is 0 Å². The Kier molecular flexibility index (Phi) is 4.82. The van der Waals surface area contributed by atoms with Crippen molar-refractivity contribution >= 4 is 34.2 Å². The normalized spacial score (nSPS) is 14.5. The van der Waals surface area contributed by atoms with Crippen molar-refractivity contribution in [3.8, 4) is 0 Å². The van der Waals surface area contributed by atoms with Gasteiger partial charge in [-0.25, -0.2) is 0 Å². The lowest BCUT2D eigenvalue weighted by Gasteiger charge is -1.95. The molecule has 0 rings (SSSR count). The zero-order valence-corrected chi connectivity index (χ0v) is 6.11. The van der Waals surface area contributed by atoms with Gasteiger partial charge in [-0.05, 0) is 0 Å². The molecule has 0 heterocycles. The molecule has 3 heteroatoms. The molecule has 0 amide bonds. The van der Waals surface area contributed by atoms with Crippen LogP contribution >= 0.6 is 34.2 Å². The number of hydrogen-bond acceptors (Lipinski definition) is 1. The quantitative estimate of drug-likeness (QED) is 0.544. The summed E-state index contributed by atoms with van der Waals surface area (Å²) in [6, 6.07) is 0. The first-order chi connectivity index (χ1) is 2.81. The molecule has 0 aromatic carbocycles. The largest absolute Gasteiger partial charge is 0.391 e. The Hall–Kier alpha value is 0.980. The van der Waals surface area contributed by atoms with Gasteiger partial charge in [0.25, 0.3) is 0 Å². The molecule has 0 spiro atoms. The van der Waals surface area contributed by atoms with Crippen molar-refractivity contribution < 1.29 is 5.11 Å². The fraction of sp³-hybridized carbons (Fsp3) is 1.00. The van der Waals surface area contributed by atoms with Crippen molar-refractivity contribution in [3.05, 3.63) is 0 Å². The summed E-state index contributed by atoms with van der Waals surface area (Å²) in [6.45, 7) is 0. The second-order valence-corrected chi connectivity index (χ2v) is 2.15. The van der Waals surface area contributed by atoms with Crippen LogP contribution in [0.5, 0.6) is 0 Å². The van der Waals surface area contributed by atoms with Crippen LogP contribution in [-0.4, -0.2) is 21.5 Å². The van der Waals surface area contributed by atoms with Crippen molar-refractivity contribution in [1.29, 1.82) is 0 Å². The van der Waals surface area contributed by atoms with Gasteiger partial charge in [0.1, 0.15) is 0 Å². The van der Waals surface area contributed by atoms with Crippen LogP contribution in [0.15, 0.2) is 0 Å². The van der Waals surface area contributed by atoms with Crippen LogP contribution in [-0.2, 0) is 0 Å². The van der Waals surface area contributed by atoms with E-state index >= 15 is 0 Å². The maximum absolute atomic E-state index is 8.53. The van der Waals surface area contributed by atoms with Gasteiger partial charge < -0.3 is 5.11 Å². The van der Waals surface area contributed by atoms with E-state index in [4.69, 9.17) is 16.7 Å². The first kappa shape index (κ1) is 6.98. The molecule has 6 heavy (non-hydrogen) atoms. The standard InChI is InChI=1S/C3H6ClIO/c4-1-3(6)2-5/h3,6H,1-2H2. The molecule has 1 nitrogen and oxygen atoms in total. The van der Waals surface area contributed by atoms with Gasteiger partial charge in [0.2, 0.25) is 0 Å². The van der Waals surface area contributed by atoms with E-state index in [1.165, 1.54) is 0 Å². The van der Waals surface area contributed by atoms with Crippen LogP contribution in [0, 0.1) is 0 Å². The minimum atomic E-state index is -0.313.